The molecule has 1 aromatic carbocycles. The van der Waals surface area contributed by atoms with Crippen LogP contribution in [0.15, 0.2) is 18.2 Å². The van der Waals surface area contributed by atoms with Gasteiger partial charge in [0.15, 0.2) is 0 Å². The first-order chi connectivity index (χ1) is 8.71. The van der Waals surface area contributed by atoms with Crippen LogP contribution in [0.4, 0.5) is 0 Å². The fourth-order valence-corrected chi connectivity index (χ4v) is 2.32. The van der Waals surface area contributed by atoms with Crippen LogP contribution in [0.3, 0.4) is 0 Å². The fraction of sp³-hybridized carbons (Fsp3) is 0.357. The van der Waals surface area contributed by atoms with Crippen molar-refractivity contribution in [2.24, 2.45) is 0 Å². The molecule has 0 aliphatic heterocycles. The molecule has 2 aromatic rings. The summed E-state index contributed by atoms with van der Waals surface area (Å²) < 4.78 is 10.7. The number of fused-ring (bicyclic) bond motifs is 1. The monoisotopic (exact) mass is 265 g/mol. The largest absolute Gasteiger partial charge is 0.496 e. The van der Waals surface area contributed by atoms with Crippen molar-refractivity contribution in [3.8, 4) is 11.5 Å². The first-order valence-corrected chi connectivity index (χ1v) is 6.29. The predicted octanol–water partition coefficient (Wildman–Crippen LogP) is 3.86. The first-order valence-electron chi connectivity index (χ1n) is 5.91. The first kappa shape index (κ1) is 13.0. The van der Waals surface area contributed by atoms with Crippen molar-refractivity contribution in [1.29, 1.82) is 0 Å². The standard InChI is InChI=1S/C14H16ClNO2/c1-4-5-9-8-10(15)13-11(17-2)6-7-12(18-3)14(13)16-9/h6-8H,4-5H2,1-3H3. The molecule has 1 aromatic heterocycles. The topological polar surface area (TPSA) is 31.4 Å². The van der Waals surface area contributed by atoms with Gasteiger partial charge in [0.1, 0.15) is 17.0 Å². The fourth-order valence-electron chi connectivity index (χ4n) is 2.01. The van der Waals surface area contributed by atoms with Crippen LogP contribution in [0.2, 0.25) is 5.02 Å². The maximum Gasteiger partial charge on any atom is 0.145 e. The quantitative estimate of drug-likeness (QED) is 0.841. The summed E-state index contributed by atoms with van der Waals surface area (Å²) in [7, 11) is 3.25. The van der Waals surface area contributed by atoms with E-state index in [4.69, 9.17) is 21.1 Å². The van der Waals surface area contributed by atoms with Crippen LogP contribution in [0.5, 0.6) is 11.5 Å². The van der Waals surface area contributed by atoms with Crippen LogP contribution in [0.25, 0.3) is 10.9 Å². The number of halogens is 1. The minimum Gasteiger partial charge on any atom is -0.496 e. The number of aromatic nitrogens is 1. The number of hydrogen-bond donors (Lipinski definition) is 0. The molecule has 0 amide bonds. The lowest BCUT2D eigenvalue weighted by molar-refractivity contribution is 0.409. The summed E-state index contributed by atoms with van der Waals surface area (Å²) >= 11 is 6.34. The van der Waals surface area contributed by atoms with Crippen LogP contribution in [-0.4, -0.2) is 19.2 Å². The second-order valence-corrected chi connectivity index (χ2v) is 4.45. The molecule has 0 radical (unpaired) electrons. The van der Waals surface area contributed by atoms with Crippen molar-refractivity contribution in [2.45, 2.75) is 19.8 Å². The number of benzene rings is 1. The molecular formula is C14H16ClNO2. The molecule has 0 spiro atoms. The lowest BCUT2D eigenvalue weighted by Crippen LogP contribution is -1.96. The lowest BCUT2D eigenvalue weighted by atomic mass is 10.1. The van der Waals surface area contributed by atoms with E-state index >= 15 is 0 Å². The van der Waals surface area contributed by atoms with Crippen molar-refractivity contribution < 1.29 is 9.47 Å². The Bertz CT molecular complexity index is 569. The molecular weight excluding hydrogens is 250 g/mol. The molecule has 0 aliphatic rings. The maximum absolute atomic E-state index is 6.34. The number of pyridine rings is 1. The second kappa shape index (κ2) is 5.44. The van der Waals surface area contributed by atoms with E-state index in [1.54, 1.807) is 14.2 Å². The zero-order valence-electron chi connectivity index (χ0n) is 10.8. The van der Waals surface area contributed by atoms with E-state index < -0.39 is 0 Å². The Morgan fingerprint density at radius 3 is 2.44 bits per heavy atom. The van der Waals surface area contributed by atoms with Gasteiger partial charge in [-0.3, -0.25) is 0 Å². The predicted molar refractivity (Wildman–Crippen MR) is 73.9 cm³/mol. The minimum atomic E-state index is 0.652. The Hall–Kier alpha value is -1.48. The van der Waals surface area contributed by atoms with Crippen molar-refractivity contribution in [3.05, 3.63) is 28.9 Å². The molecule has 0 bridgehead atoms. The summed E-state index contributed by atoms with van der Waals surface area (Å²) in [6.45, 7) is 2.11. The Labute approximate surface area is 112 Å². The van der Waals surface area contributed by atoms with E-state index in [1.807, 2.05) is 18.2 Å². The zero-order chi connectivity index (χ0) is 13.1. The highest BCUT2D eigenvalue weighted by atomic mass is 35.5. The summed E-state index contributed by atoms with van der Waals surface area (Å²) in [5.41, 5.74) is 1.73. The maximum atomic E-state index is 6.34. The van der Waals surface area contributed by atoms with Gasteiger partial charge >= 0.3 is 0 Å². The van der Waals surface area contributed by atoms with Gasteiger partial charge in [-0.2, -0.15) is 0 Å². The molecule has 0 aliphatic carbocycles. The second-order valence-electron chi connectivity index (χ2n) is 4.04. The van der Waals surface area contributed by atoms with Gasteiger partial charge < -0.3 is 9.47 Å². The Morgan fingerprint density at radius 2 is 1.83 bits per heavy atom. The summed E-state index contributed by atoms with van der Waals surface area (Å²) in [6.07, 6.45) is 1.93. The third kappa shape index (κ3) is 2.23. The van der Waals surface area contributed by atoms with Crippen LogP contribution >= 0.6 is 11.6 Å². The third-order valence-corrected chi connectivity index (χ3v) is 3.13. The van der Waals surface area contributed by atoms with Gasteiger partial charge in [0.05, 0.1) is 24.6 Å². The van der Waals surface area contributed by atoms with E-state index in [2.05, 4.69) is 11.9 Å². The molecule has 18 heavy (non-hydrogen) atoms. The Kier molecular flexibility index (Phi) is 3.92. The summed E-state index contributed by atoms with van der Waals surface area (Å²) in [5.74, 6) is 1.43. The summed E-state index contributed by atoms with van der Waals surface area (Å²) in [6, 6.07) is 5.59. The van der Waals surface area contributed by atoms with Crippen LogP contribution < -0.4 is 9.47 Å². The van der Waals surface area contributed by atoms with Gasteiger partial charge in [0.2, 0.25) is 0 Å². The smallest absolute Gasteiger partial charge is 0.145 e. The van der Waals surface area contributed by atoms with Crippen LogP contribution in [-0.2, 0) is 6.42 Å². The van der Waals surface area contributed by atoms with Crippen molar-refractivity contribution in [2.75, 3.05) is 14.2 Å². The SMILES string of the molecule is CCCc1cc(Cl)c2c(OC)ccc(OC)c2n1. The Morgan fingerprint density at radius 1 is 1.17 bits per heavy atom. The van der Waals surface area contributed by atoms with Crippen molar-refractivity contribution in [3.63, 3.8) is 0 Å². The average Bonchev–Trinajstić information content (AvgIpc) is 2.37. The van der Waals surface area contributed by atoms with Crippen molar-refractivity contribution >= 4 is 22.5 Å². The number of hydrogen-bond acceptors (Lipinski definition) is 3. The van der Waals surface area contributed by atoms with E-state index in [0.717, 1.165) is 29.4 Å². The lowest BCUT2D eigenvalue weighted by Gasteiger charge is -2.11. The highest BCUT2D eigenvalue weighted by Crippen LogP contribution is 2.37. The molecule has 3 nitrogen and oxygen atoms in total. The van der Waals surface area contributed by atoms with Gasteiger partial charge in [-0.05, 0) is 24.6 Å². The molecule has 0 saturated carbocycles. The van der Waals surface area contributed by atoms with Crippen molar-refractivity contribution in [1.82, 2.24) is 4.98 Å². The molecule has 0 saturated heterocycles. The molecule has 96 valence electrons. The normalized spacial score (nSPS) is 10.7. The molecule has 0 atom stereocenters. The van der Waals surface area contributed by atoms with Crippen LogP contribution in [0, 0.1) is 0 Å². The van der Waals surface area contributed by atoms with Crippen LogP contribution in [0.1, 0.15) is 19.0 Å². The number of ether oxygens (including phenoxy) is 2. The van der Waals surface area contributed by atoms with Gasteiger partial charge in [-0.25, -0.2) is 4.98 Å². The molecule has 4 heteroatoms. The summed E-state index contributed by atoms with van der Waals surface area (Å²) in [4.78, 5) is 4.62. The Balaban J connectivity index is 2.75. The van der Waals surface area contributed by atoms with E-state index in [-0.39, 0.29) is 0 Å². The molecule has 2 rings (SSSR count). The number of nitrogens with zero attached hydrogens (tertiary/aromatic N) is 1. The zero-order valence-corrected chi connectivity index (χ0v) is 11.5. The number of rotatable bonds is 4. The van der Waals surface area contributed by atoms with Gasteiger partial charge in [0.25, 0.3) is 0 Å². The average molecular weight is 266 g/mol. The van der Waals surface area contributed by atoms with E-state index in [1.165, 1.54) is 0 Å². The minimum absolute atomic E-state index is 0.652. The number of methoxy groups -OCH3 is 2. The molecule has 0 N–H and O–H groups in total. The molecule has 0 fully saturated rings. The molecule has 0 unspecified atom stereocenters. The van der Waals surface area contributed by atoms with E-state index in [9.17, 15) is 0 Å². The van der Waals surface area contributed by atoms with Gasteiger partial charge in [-0.1, -0.05) is 24.9 Å². The highest BCUT2D eigenvalue weighted by Gasteiger charge is 2.13. The van der Waals surface area contributed by atoms with Gasteiger partial charge in [0, 0.05) is 5.69 Å². The molecule has 1 heterocycles. The third-order valence-electron chi connectivity index (χ3n) is 2.84. The summed E-state index contributed by atoms with van der Waals surface area (Å²) in [5, 5.41) is 1.46. The number of aryl methyl sites for hydroxylation is 1. The van der Waals surface area contributed by atoms with E-state index in [0.29, 0.717) is 16.5 Å². The van der Waals surface area contributed by atoms with Gasteiger partial charge in [-0.15, -0.1) is 0 Å². The highest BCUT2D eigenvalue weighted by molar-refractivity contribution is 6.36.